The van der Waals surface area contributed by atoms with E-state index in [2.05, 4.69) is 11.4 Å². The largest absolute Gasteiger partial charge is 0.312 e. The zero-order chi connectivity index (χ0) is 11.3. The highest BCUT2D eigenvalue weighted by Crippen LogP contribution is 2.15. The maximum absolute atomic E-state index is 10.8. The summed E-state index contributed by atoms with van der Waals surface area (Å²) in [5, 5.41) is 4.04. The van der Waals surface area contributed by atoms with E-state index in [0.717, 1.165) is 23.7 Å². The lowest BCUT2D eigenvalue weighted by molar-refractivity contribution is 0.676. The van der Waals surface area contributed by atoms with Gasteiger partial charge in [-0.15, -0.1) is 0 Å². The maximum atomic E-state index is 10.8. The maximum Gasteiger partial charge on any atom is 0.0435 e. The minimum Gasteiger partial charge on any atom is -0.312 e. The van der Waals surface area contributed by atoms with Gasteiger partial charge in [0.05, 0.1) is 0 Å². The summed E-state index contributed by atoms with van der Waals surface area (Å²) in [6, 6.07) is 5.98. The molecule has 1 rings (SSSR count). The molecule has 1 atom stereocenters. The van der Waals surface area contributed by atoms with Crippen LogP contribution in [0.2, 0.25) is 5.02 Å². The standard InChI is InChI=1S/C11H16ClNOS/c1-9-7-10(3-4-11(9)12)8-13-5-6-15(2)14/h3-4,7,13H,5-6,8H2,1-2H3. The van der Waals surface area contributed by atoms with Gasteiger partial charge >= 0.3 is 0 Å². The topological polar surface area (TPSA) is 29.1 Å². The van der Waals surface area contributed by atoms with Gasteiger partial charge < -0.3 is 5.32 Å². The van der Waals surface area contributed by atoms with E-state index in [-0.39, 0.29) is 0 Å². The van der Waals surface area contributed by atoms with Crippen LogP contribution in [0.4, 0.5) is 0 Å². The van der Waals surface area contributed by atoms with E-state index in [9.17, 15) is 4.21 Å². The average Bonchev–Trinajstić information content (AvgIpc) is 2.18. The second-order valence-electron chi connectivity index (χ2n) is 3.54. The smallest absolute Gasteiger partial charge is 0.0435 e. The number of aryl methyl sites for hydroxylation is 1. The van der Waals surface area contributed by atoms with Crippen LogP contribution in [0, 0.1) is 6.92 Å². The van der Waals surface area contributed by atoms with Gasteiger partial charge in [0.2, 0.25) is 0 Å². The van der Waals surface area contributed by atoms with Crippen molar-refractivity contribution in [3.63, 3.8) is 0 Å². The molecule has 0 aliphatic heterocycles. The zero-order valence-electron chi connectivity index (χ0n) is 9.05. The Balaban J connectivity index is 2.38. The van der Waals surface area contributed by atoms with E-state index < -0.39 is 10.8 Å². The Hall–Kier alpha value is -0.380. The van der Waals surface area contributed by atoms with E-state index in [0.29, 0.717) is 5.75 Å². The summed E-state index contributed by atoms with van der Waals surface area (Å²) in [6.07, 6.45) is 1.72. The van der Waals surface area contributed by atoms with Crippen molar-refractivity contribution in [1.29, 1.82) is 0 Å². The molecular formula is C11H16ClNOS. The molecule has 15 heavy (non-hydrogen) atoms. The van der Waals surface area contributed by atoms with Crippen LogP contribution < -0.4 is 5.32 Å². The predicted octanol–water partition coefficient (Wildman–Crippen LogP) is 2.12. The summed E-state index contributed by atoms with van der Waals surface area (Å²) in [5.74, 6) is 0.701. The third-order valence-corrected chi connectivity index (χ3v) is 3.32. The molecule has 0 saturated heterocycles. The Labute approximate surface area is 98.5 Å². The van der Waals surface area contributed by atoms with Crippen LogP contribution in [0.15, 0.2) is 18.2 Å². The first kappa shape index (κ1) is 12.7. The van der Waals surface area contributed by atoms with Crippen LogP contribution in [-0.2, 0) is 17.3 Å². The van der Waals surface area contributed by atoms with Crippen LogP contribution in [0.25, 0.3) is 0 Å². The first-order chi connectivity index (χ1) is 7.09. The molecule has 0 amide bonds. The van der Waals surface area contributed by atoms with Crippen molar-refractivity contribution in [1.82, 2.24) is 5.32 Å². The summed E-state index contributed by atoms with van der Waals surface area (Å²) in [4.78, 5) is 0. The van der Waals surface area contributed by atoms with Gasteiger partial charge in [0, 0.05) is 40.9 Å². The molecule has 0 radical (unpaired) electrons. The number of halogens is 1. The fourth-order valence-corrected chi connectivity index (χ4v) is 1.81. The third-order valence-electron chi connectivity index (χ3n) is 2.12. The summed E-state index contributed by atoms with van der Waals surface area (Å²) >= 11 is 5.92. The van der Waals surface area contributed by atoms with Crippen molar-refractivity contribution < 1.29 is 4.21 Å². The van der Waals surface area contributed by atoms with Gasteiger partial charge in [0.25, 0.3) is 0 Å². The molecule has 1 N–H and O–H groups in total. The Bertz CT molecular complexity index is 354. The fraction of sp³-hybridized carbons (Fsp3) is 0.455. The van der Waals surface area contributed by atoms with Crippen molar-refractivity contribution in [3.8, 4) is 0 Å². The molecule has 1 unspecified atom stereocenters. The minimum atomic E-state index is -0.715. The first-order valence-corrected chi connectivity index (χ1v) is 6.96. The van der Waals surface area contributed by atoms with Gasteiger partial charge in [-0.25, -0.2) is 0 Å². The van der Waals surface area contributed by atoms with Crippen LogP contribution >= 0.6 is 11.6 Å². The quantitative estimate of drug-likeness (QED) is 0.806. The summed E-state index contributed by atoms with van der Waals surface area (Å²) in [7, 11) is -0.715. The second-order valence-corrected chi connectivity index (χ2v) is 5.50. The van der Waals surface area contributed by atoms with Gasteiger partial charge in [-0.1, -0.05) is 23.7 Å². The van der Waals surface area contributed by atoms with Crippen LogP contribution in [0.1, 0.15) is 11.1 Å². The molecule has 0 aromatic heterocycles. The van der Waals surface area contributed by atoms with Gasteiger partial charge in [-0.2, -0.15) is 0 Å². The number of benzene rings is 1. The Morgan fingerprint density at radius 3 is 2.80 bits per heavy atom. The number of hydrogen-bond acceptors (Lipinski definition) is 2. The van der Waals surface area contributed by atoms with E-state index >= 15 is 0 Å². The van der Waals surface area contributed by atoms with E-state index in [1.165, 1.54) is 5.56 Å². The molecule has 0 aliphatic carbocycles. The average molecular weight is 246 g/mol. The van der Waals surface area contributed by atoms with E-state index in [1.54, 1.807) is 6.26 Å². The molecule has 2 nitrogen and oxygen atoms in total. The molecule has 0 aliphatic rings. The number of rotatable bonds is 5. The van der Waals surface area contributed by atoms with Crippen molar-refractivity contribution in [2.45, 2.75) is 13.5 Å². The molecule has 0 heterocycles. The van der Waals surface area contributed by atoms with Gasteiger partial charge in [-0.3, -0.25) is 4.21 Å². The molecule has 0 bridgehead atoms. The van der Waals surface area contributed by atoms with Crippen molar-refractivity contribution >= 4 is 22.4 Å². The molecular weight excluding hydrogens is 230 g/mol. The van der Waals surface area contributed by atoms with Crippen molar-refractivity contribution in [2.24, 2.45) is 0 Å². The van der Waals surface area contributed by atoms with Gasteiger partial charge in [0.15, 0.2) is 0 Å². The van der Waals surface area contributed by atoms with Crippen LogP contribution in [0.3, 0.4) is 0 Å². The highest BCUT2D eigenvalue weighted by molar-refractivity contribution is 7.84. The Morgan fingerprint density at radius 1 is 1.47 bits per heavy atom. The molecule has 0 saturated carbocycles. The molecule has 1 aromatic carbocycles. The Kier molecular flexibility index (Phi) is 5.29. The van der Waals surface area contributed by atoms with Gasteiger partial charge in [0.1, 0.15) is 0 Å². The molecule has 0 spiro atoms. The monoisotopic (exact) mass is 245 g/mol. The van der Waals surface area contributed by atoms with Crippen molar-refractivity contribution in [2.75, 3.05) is 18.6 Å². The Morgan fingerprint density at radius 2 is 2.20 bits per heavy atom. The van der Waals surface area contributed by atoms with Crippen molar-refractivity contribution in [3.05, 3.63) is 34.3 Å². The lowest BCUT2D eigenvalue weighted by Gasteiger charge is -2.05. The number of hydrogen-bond donors (Lipinski definition) is 1. The highest BCUT2D eigenvalue weighted by atomic mass is 35.5. The number of nitrogens with one attached hydrogen (secondary N) is 1. The summed E-state index contributed by atoms with van der Waals surface area (Å²) in [5.41, 5.74) is 2.30. The summed E-state index contributed by atoms with van der Waals surface area (Å²) < 4.78 is 10.8. The SMILES string of the molecule is Cc1cc(CNCCS(C)=O)ccc1Cl. The van der Waals surface area contributed by atoms with E-state index in [4.69, 9.17) is 11.6 Å². The molecule has 4 heteroatoms. The molecule has 1 aromatic rings. The molecule has 84 valence electrons. The van der Waals surface area contributed by atoms with Crippen LogP contribution in [-0.4, -0.2) is 22.8 Å². The summed E-state index contributed by atoms with van der Waals surface area (Å²) in [6.45, 7) is 3.58. The first-order valence-electron chi connectivity index (χ1n) is 4.85. The lowest BCUT2D eigenvalue weighted by Crippen LogP contribution is -2.19. The fourth-order valence-electron chi connectivity index (χ4n) is 1.27. The second kappa shape index (κ2) is 6.26. The van der Waals surface area contributed by atoms with E-state index in [1.807, 2.05) is 19.1 Å². The van der Waals surface area contributed by atoms with Crippen LogP contribution in [0.5, 0.6) is 0 Å². The third kappa shape index (κ3) is 4.78. The minimum absolute atomic E-state index is 0.701. The zero-order valence-corrected chi connectivity index (χ0v) is 10.6. The highest BCUT2D eigenvalue weighted by Gasteiger charge is 1.97. The lowest BCUT2D eigenvalue weighted by atomic mass is 10.1. The normalized spacial score (nSPS) is 12.7. The van der Waals surface area contributed by atoms with Gasteiger partial charge in [-0.05, 0) is 24.1 Å². The molecule has 0 fully saturated rings. The predicted molar refractivity (Wildman–Crippen MR) is 66.8 cm³/mol.